The van der Waals surface area contributed by atoms with Crippen molar-refractivity contribution in [3.05, 3.63) is 12.2 Å². The van der Waals surface area contributed by atoms with Crippen LogP contribution in [0, 0.1) is 11.8 Å². The van der Waals surface area contributed by atoms with Crippen LogP contribution in [0.25, 0.3) is 0 Å². The maximum atomic E-state index is 5.94. The molecule has 2 unspecified atom stereocenters. The number of nitrogens with zero attached hydrogens (tertiary/aromatic N) is 1. The fourth-order valence-electron chi connectivity index (χ4n) is 3.34. The van der Waals surface area contributed by atoms with E-state index < -0.39 is 0 Å². The Hall–Kier alpha value is -0.380. The topological polar surface area (TPSA) is 24.5 Å². The predicted octanol–water partition coefficient (Wildman–Crippen LogP) is 3.03. The van der Waals surface area contributed by atoms with Crippen molar-refractivity contribution >= 4 is 0 Å². The first-order chi connectivity index (χ1) is 9.79. The predicted molar refractivity (Wildman–Crippen MR) is 84.7 cm³/mol. The van der Waals surface area contributed by atoms with Crippen molar-refractivity contribution < 1.29 is 4.74 Å². The van der Waals surface area contributed by atoms with E-state index in [-0.39, 0.29) is 6.23 Å². The van der Waals surface area contributed by atoms with Crippen LogP contribution in [0.5, 0.6) is 0 Å². The van der Waals surface area contributed by atoms with Crippen molar-refractivity contribution in [3.63, 3.8) is 0 Å². The van der Waals surface area contributed by atoms with Gasteiger partial charge in [0, 0.05) is 13.1 Å². The summed E-state index contributed by atoms with van der Waals surface area (Å²) in [6.45, 7) is 10.3. The first-order valence-electron chi connectivity index (χ1n) is 8.52. The molecule has 0 spiro atoms. The van der Waals surface area contributed by atoms with Crippen LogP contribution in [-0.2, 0) is 4.74 Å². The zero-order chi connectivity index (χ0) is 14.2. The van der Waals surface area contributed by atoms with Crippen LogP contribution in [-0.4, -0.2) is 43.9 Å². The summed E-state index contributed by atoms with van der Waals surface area (Å²) in [5, 5.41) is 3.54. The Kier molecular flexibility index (Phi) is 7.05. The molecule has 2 aliphatic rings. The van der Waals surface area contributed by atoms with E-state index in [2.05, 4.69) is 36.2 Å². The molecule has 2 rings (SSSR count). The second-order valence-electron chi connectivity index (χ2n) is 6.44. The second kappa shape index (κ2) is 8.81. The van der Waals surface area contributed by atoms with Gasteiger partial charge in [0.1, 0.15) is 6.23 Å². The van der Waals surface area contributed by atoms with E-state index in [0.29, 0.717) is 0 Å². The van der Waals surface area contributed by atoms with Gasteiger partial charge in [0.15, 0.2) is 0 Å². The minimum absolute atomic E-state index is 0.252. The van der Waals surface area contributed by atoms with Gasteiger partial charge in [0.05, 0.1) is 6.61 Å². The van der Waals surface area contributed by atoms with Crippen molar-refractivity contribution in [2.75, 3.05) is 32.8 Å². The fourth-order valence-corrected chi connectivity index (χ4v) is 3.34. The van der Waals surface area contributed by atoms with Crippen LogP contribution >= 0.6 is 0 Å². The Bertz CT molecular complexity index is 287. The van der Waals surface area contributed by atoms with Gasteiger partial charge in [-0.15, -0.1) is 0 Å². The van der Waals surface area contributed by atoms with Crippen LogP contribution < -0.4 is 5.32 Å². The standard InChI is InChI=1S/C17H32N2O/c1-3-4-8-11-20-17-12-16(15(2)13-18-17)14-19-9-6-5-7-10-19/h4,8,15-18H,3,5-7,9-14H2,1-2H3/b8-4-/t15-,16?,17?/m0/s1. The highest BCUT2D eigenvalue weighted by Crippen LogP contribution is 2.25. The van der Waals surface area contributed by atoms with E-state index in [1.165, 1.54) is 38.9 Å². The van der Waals surface area contributed by atoms with Crippen LogP contribution in [0.2, 0.25) is 0 Å². The third-order valence-corrected chi connectivity index (χ3v) is 4.73. The lowest BCUT2D eigenvalue weighted by atomic mass is 9.86. The van der Waals surface area contributed by atoms with Gasteiger partial charge in [-0.05, 0) is 50.6 Å². The summed E-state index contributed by atoms with van der Waals surface area (Å²) in [6, 6.07) is 0. The summed E-state index contributed by atoms with van der Waals surface area (Å²) >= 11 is 0. The molecule has 0 radical (unpaired) electrons. The highest BCUT2D eigenvalue weighted by Gasteiger charge is 2.29. The molecule has 2 heterocycles. The van der Waals surface area contributed by atoms with Crippen molar-refractivity contribution in [2.45, 2.75) is 52.2 Å². The number of nitrogens with one attached hydrogen (secondary N) is 1. The third kappa shape index (κ3) is 5.19. The summed E-state index contributed by atoms with van der Waals surface area (Å²) in [6.07, 6.45) is 11.0. The van der Waals surface area contributed by atoms with Crippen LogP contribution in [0.1, 0.15) is 46.0 Å². The number of allylic oxidation sites excluding steroid dienone is 1. The number of likely N-dealkylation sites (tertiary alicyclic amines) is 1. The highest BCUT2D eigenvalue weighted by molar-refractivity contribution is 4.84. The quantitative estimate of drug-likeness (QED) is 0.757. The molecule has 0 amide bonds. The van der Waals surface area contributed by atoms with Crippen molar-refractivity contribution in [2.24, 2.45) is 11.8 Å². The van der Waals surface area contributed by atoms with E-state index in [0.717, 1.165) is 37.8 Å². The first kappa shape index (κ1) is 16.0. The number of hydrogen-bond acceptors (Lipinski definition) is 3. The Balaban J connectivity index is 1.73. The van der Waals surface area contributed by atoms with E-state index in [9.17, 15) is 0 Å². The Morgan fingerprint density at radius 2 is 2.00 bits per heavy atom. The molecule has 1 N–H and O–H groups in total. The molecule has 3 atom stereocenters. The molecule has 116 valence electrons. The molecular formula is C17H32N2O. The van der Waals surface area contributed by atoms with E-state index in [1.807, 2.05) is 0 Å². The molecule has 0 aliphatic carbocycles. The normalized spacial score (nSPS) is 32.8. The SMILES string of the molecule is CC/C=C\COC1CC(CN2CCCCC2)[C@@H](C)CN1. The fraction of sp³-hybridized carbons (Fsp3) is 0.882. The van der Waals surface area contributed by atoms with Crippen LogP contribution in [0.4, 0.5) is 0 Å². The number of ether oxygens (including phenoxy) is 1. The molecule has 3 heteroatoms. The third-order valence-electron chi connectivity index (χ3n) is 4.73. The molecule has 2 saturated heterocycles. The Labute approximate surface area is 124 Å². The van der Waals surface area contributed by atoms with E-state index in [1.54, 1.807) is 0 Å². The zero-order valence-corrected chi connectivity index (χ0v) is 13.3. The summed E-state index contributed by atoms with van der Waals surface area (Å²) in [5.41, 5.74) is 0. The molecular weight excluding hydrogens is 248 g/mol. The van der Waals surface area contributed by atoms with Crippen LogP contribution in [0.15, 0.2) is 12.2 Å². The maximum Gasteiger partial charge on any atom is 0.108 e. The molecule has 3 nitrogen and oxygen atoms in total. The smallest absolute Gasteiger partial charge is 0.108 e. The molecule has 2 aliphatic heterocycles. The van der Waals surface area contributed by atoms with Crippen LogP contribution in [0.3, 0.4) is 0 Å². The van der Waals surface area contributed by atoms with Gasteiger partial charge in [-0.1, -0.05) is 32.4 Å². The average Bonchev–Trinajstić information content (AvgIpc) is 2.48. The van der Waals surface area contributed by atoms with Gasteiger partial charge in [0.2, 0.25) is 0 Å². The minimum Gasteiger partial charge on any atom is -0.359 e. The Morgan fingerprint density at radius 1 is 1.20 bits per heavy atom. The molecule has 0 aromatic rings. The largest absolute Gasteiger partial charge is 0.359 e. The van der Waals surface area contributed by atoms with E-state index in [4.69, 9.17) is 4.74 Å². The van der Waals surface area contributed by atoms with E-state index >= 15 is 0 Å². The molecule has 0 saturated carbocycles. The molecule has 20 heavy (non-hydrogen) atoms. The minimum atomic E-state index is 0.252. The van der Waals surface area contributed by atoms with Gasteiger partial charge in [-0.2, -0.15) is 0 Å². The number of rotatable bonds is 6. The monoisotopic (exact) mass is 280 g/mol. The van der Waals surface area contributed by atoms with Crippen molar-refractivity contribution in [1.82, 2.24) is 10.2 Å². The molecule has 0 aromatic carbocycles. The van der Waals surface area contributed by atoms with Crippen molar-refractivity contribution in [1.29, 1.82) is 0 Å². The zero-order valence-electron chi connectivity index (χ0n) is 13.3. The molecule has 2 fully saturated rings. The second-order valence-corrected chi connectivity index (χ2v) is 6.44. The highest BCUT2D eigenvalue weighted by atomic mass is 16.5. The summed E-state index contributed by atoms with van der Waals surface area (Å²) in [4.78, 5) is 2.67. The maximum absolute atomic E-state index is 5.94. The van der Waals surface area contributed by atoms with Gasteiger partial charge in [-0.3, -0.25) is 5.32 Å². The summed E-state index contributed by atoms with van der Waals surface area (Å²) < 4.78 is 5.94. The number of hydrogen-bond donors (Lipinski definition) is 1. The van der Waals surface area contributed by atoms with Gasteiger partial charge in [-0.25, -0.2) is 0 Å². The summed E-state index contributed by atoms with van der Waals surface area (Å²) in [7, 11) is 0. The Morgan fingerprint density at radius 3 is 2.75 bits per heavy atom. The van der Waals surface area contributed by atoms with Gasteiger partial charge >= 0.3 is 0 Å². The molecule has 0 aromatic heterocycles. The van der Waals surface area contributed by atoms with Crippen molar-refractivity contribution in [3.8, 4) is 0 Å². The number of piperidine rings is 2. The molecule has 0 bridgehead atoms. The lowest BCUT2D eigenvalue weighted by molar-refractivity contribution is -0.0102. The lowest BCUT2D eigenvalue weighted by Crippen LogP contribution is -2.48. The first-order valence-corrected chi connectivity index (χ1v) is 8.52. The van der Waals surface area contributed by atoms with Gasteiger partial charge in [0.25, 0.3) is 0 Å². The summed E-state index contributed by atoms with van der Waals surface area (Å²) in [5.74, 6) is 1.55. The average molecular weight is 280 g/mol. The lowest BCUT2D eigenvalue weighted by Gasteiger charge is -2.39. The van der Waals surface area contributed by atoms with Gasteiger partial charge < -0.3 is 9.64 Å².